The molecule has 0 saturated carbocycles. The van der Waals surface area contributed by atoms with Gasteiger partial charge in [0.15, 0.2) is 0 Å². The van der Waals surface area contributed by atoms with E-state index >= 15 is 0 Å². The van der Waals surface area contributed by atoms with Gasteiger partial charge in [0.1, 0.15) is 0 Å². The number of hydrogen-bond donors (Lipinski definition) is 0. The number of ether oxygens (including phenoxy) is 1. The number of esters is 1. The van der Waals surface area contributed by atoms with Crippen LogP contribution in [-0.2, 0) is 9.53 Å². The minimum absolute atomic E-state index is 0.314. The average molecular weight is 251 g/mol. The summed E-state index contributed by atoms with van der Waals surface area (Å²) in [5.41, 5.74) is 1.88. The van der Waals surface area contributed by atoms with Gasteiger partial charge in [-0.1, -0.05) is 35.9 Å². The Bertz CT molecular complexity index is 430. The van der Waals surface area contributed by atoms with Gasteiger partial charge in [-0.3, -0.25) is 0 Å². The Kier molecular flexibility index (Phi) is 5.50. The largest absolute Gasteiger partial charge is 0.463 e. The maximum Gasteiger partial charge on any atom is 0.330 e. The lowest BCUT2D eigenvalue weighted by Crippen LogP contribution is -1.99. The van der Waals surface area contributed by atoms with Crippen molar-refractivity contribution in [2.24, 2.45) is 0 Å². The van der Waals surface area contributed by atoms with Crippen LogP contribution in [0.25, 0.3) is 6.08 Å². The van der Waals surface area contributed by atoms with Crippen LogP contribution in [0.4, 0.5) is 0 Å². The lowest BCUT2D eigenvalue weighted by molar-refractivity contribution is -0.137. The van der Waals surface area contributed by atoms with Crippen LogP contribution < -0.4 is 0 Å². The fraction of sp³-hybridized carbons (Fsp3) is 0.214. The Morgan fingerprint density at radius 1 is 1.35 bits per heavy atom. The minimum Gasteiger partial charge on any atom is -0.463 e. The lowest BCUT2D eigenvalue weighted by Gasteiger charge is -1.97. The van der Waals surface area contributed by atoms with Crippen molar-refractivity contribution in [3.05, 3.63) is 52.6 Å². The maximum absolute atomic E-state index is 11.2. The SMILES string of the molecule is CCOC(=O)/C=C(C)\C=C\c1ccc(Cl)cc1. The Morgan fingerprint density at radius 3 is 2.59 bits per heavy atom. The van der Waals surface area contributed by atoms with Crippen LogP contribution in [0.2, 0.25) is 5.02 Å². The van der Waals surface area contributed by atoms with E-state index in [1.165, 1.54) is 6.08 Å². The molecule has 0 spiro atoms. The topological polar surface area (TPSA) is 26.3 Å². The molecule has 0 bridgehead atoms. The molecule has 0 aliphatic rings. The van der Waals surface area contributed by atoms with Crippen LogP contribution in [-0.4, -0.2) is 12.6 Å². The highest BCUT2D eigenvalue weighted by Gasteiger charge is 1.95. The van der Waals surface area contributed by atoms with Crippen LogP contribution >= 0.6 is 11.6 Å². The van der Waals surface area contributed by atoms with Crippen LogP contribution in [0.5, 0.6) is 0 Å². The zero-order valence-corrected chi connectivity index (χ0v) is 10.7. The van der Waals surface area contributed by atoms with Crippen LogP contribution in [0.15, 0.2) is 42.0 Å². The zero-order valence-electron chi connectivity index (χ0n) is 9.94. The van der Waals surface area contributed by atoms with E-state index in [0.717, 1.165) is 11.1 Å². The number of halogens is 1. The number of carbonyl (C=O) groups is 1. The van der Waals surface area contributed by atoms with E-state index in [-0.39, 0.29) is 5.97 Å². The summed E-state index contributed by atoms with van der Waals surface area (Å²) in [7, 11) is 0. The normalized spacial score (nSPS) is 11.8. The van der Waals surface area contributed by atoms with Crippen molar-refractivity contribution < 1.29 is 9.53 Å². The Balaban J connectivity index is 2.64. The molecule has 0 unspecified atom stereocenters. The molecule has 0 aromatic heterocycles. The average Bonchev–Trinajstić information content (AvgIpc) is 2.28. The molecule has 1 aromatic carbocycles. The molecule has 90 valence electrons. The van der Waals surface area contributed by atoms with E-state index in [4.69, 9.17) is 16.3 Å². The molecule has 3 heteroatoms. The molecular formula is C14H15ClO2. The summed E-state index contributed by atoms with van der Waals surface area (Å²) in [5, 5.41) is 0.709. The van der Waals surface area contributed by atoms with Crippen molar-refractivity contribution in [3.63, 3.8) is 0 Å². The van der Waals surface area contributed by atoms with Crippen molar-refractivity contribution >= 4 is 23.6 Å². The number of benzene rings is 1. The van der Waals surface area contributed by atoms with Gasteiger partial charge in [-0.25, -0.2) is 4.79 Å². The van der Waals surface area contributed by atoms with E-state index in [2.05, 4.69) is 0 Å². The molecule has 0 N–H and O–H groups in total. The molecule has 0 atom stereocenters. The highest BCUT2D eigenvalue weighted by atomic mass is 35.5. The standard InChI is InChI=1S/C14H15ClO2/c1-3-17-14(16)10-11(2)4-5-12-6-8-13(15)9-7-12/h4-10H,3H2,1-2H3/b5-4+,11-10-. The summed E-state index contributed by atoms with van der Waals surface area (Å²) in [6.07, 6.45) is 5.25. The van der Waals surface area contributed by atoms with Crippen molar-refractivity contribution in [2.45, 2.75) is 13.8 Å². The van der Waals surface area contributed by atoms with Gasteiger partial charge < -0.3 is 4.74 Å². The van der Waals surface area contributed by atoms with Crippen LogP contribution in [0, 0.1) is 0 Å². The fourth-order valence-electron chi connectivity index (χ4n) is 1.22. The second-order valence-corrected chi connectivity index (χ2v) is 3.96. The van der Waals surface area contributed by atoms with E-state index in [0.29, 0.717) is 11.6 Å². The summed E-state index contributed by atoms with van der Waals surface area (Å²) < 4.78 is 4.81. The smallest absolute Gasteiger partial charge is 0.330 e. The fourth-order valence-corrected chi connectivity index (χ4v) is 1.35. The molecule has 2 nitrogen and oxygen atoms in total. The summed E-state index contributed by atoms with van der Waals surface area (Å²) >= 11 is 5.78. The summed E-state index contributed by atoms with van der Waals surface area (Å²) in [6, 6.07) is 7.48. The number of rotatable bonds is 4. The molecule has 0 amide bonds. The number of allylic oxidation sites excluding steroid dienone is 2. The van der Waals surface area contributed by atoms with Crippen molar-refractivity contribution in [2.75, 3.05) is 6.61 Å². The second kappa shape index (κ2) is 6.92. The highest BCUT2D eigenvalue weighted by molar-refractivity contribution is 6.30. The van der Waals surface area contributed by atoms with E-state index in [1.807, 2.05) is 43.3 Å². The molecule has 17 heavy (non-hydrogen) atoms. The van der Waals surface area contributed by atoms with Crippen LogP contribution in [0.1, 0.15) is 19.4 Å². The summed E-state index contributed by atoms with van der Waals surface area (Å²) in [5.74, 6) is -0.314. The Morgan fingerprint density at radius 2 is 2.00 bits per heavy atom. The van der Waals surface area contributed by atoms with Gasteiger partial charge in [0.05, 0.1) is 6.61 Å². The third-order valence-corrected chi connectivity index (χ3v) is 2.29. The predicted octanol–water partition coefficient (Wildman–Crippen LogP) is 3.86. The molecular weight excluding hydrogens is 236 g/mol. The van der Waals surface area contributed by atoms with Gasteiger partial charge in [0.25, 0.3) is 0 Å². The molecule has 0 aliphatic heterocycles. The number of carbonyl (C=O) groups excluding carboxylic acids is 1. The van der Waals surface area contributed by atoms with Gasteiger partial charge in [-0.2, -0.15) is 0 Å². The van der Waals surface area contributed by atoms with Gasteiger partial charge in [-0.15, -0.1) is 0 Å². The molecule has 0 aliphatic carbocycles. The third kappa shape index (κ3) is 5.36. The van der Waals surface area contributed by atoms with E-state index in [9.17, 15) is 4.79 Å². The number of hydrogen-bond acceptors (Lipinski definition) is 2. The zero-order chi connectivity index (χ0) is 12.7. The van der Waals surface area contributed by atoms with Crippen molar-refractivity contribution in [1.82, 2.24) is 0 Å². The minimum atomic E-state index is -0.314. The van der Waals surface area contributed by atoms with Gasteiger partial charge in [-0.05, 0) is 37.1 Å². The summed E-state index contributed by atoms with van der Waals surface area (Å²) in [4.78, 5) is 11.2. The van der Waals surface area contributed by atoms with Gasteiger partial charge in [0, 0.05) is 11.1 Å². The molecule has 1 rings (SSSR count). The quantitative estimate of drug-likeness (QED) is 0.461. The third-order valence-electron chi connectivity index (χ3n) is 2.04. The first kappa shape index (κ1) is 13.5. The monoisotopic (exact) mass is 250 g/mol. The van der Waals surface area contributed by atoms with Gasteiger partial charge >= 0.3 is 5.97 Å². The lowest BCUT2D eigenvalue weighted by atomic mass is 10.1. The molecule has 0 radical (unpaired) electrons. The maximum atomic E-state index is 11.2. The second-order valence-electron chi connectivity index (χ2n) is 3.53. The predicted molar refractivity (Wildman–Crippen MR) is 70.9 cm³/mol. The summed E-state index contributed by atoms with van der Waals surface area (Å²) in [6.45, 7) is 4.03. The highest BCUT2D eigenvalue weighted by Crippen LogP contribution is 2.11. The molecule has 1 aromatic rings. The van der Waals surface area contributed by atoms with Crippen molar-refractivity contribution in [1.29, 1.82) is 0 Å². The first-order valence-electron chi connectivity index (χ1n) is 5.40. The molecule has 0 saturated heterocycles. The van der Waals surface area contributed by atoms with Crippen LogP contribution in [0.3, 0.4) is 0 Å². The first-order valence-corrected chi connectivity index (χ1v) is 5.78. The first-order chi connectivity index (χ1) is 8.11. The van der Waals surface area contributed by atoms with E-state index in [1.54, 1.807) is 6.92 Å². The van der Waals surface area contributed by atoms with E-state index < -0.39 is 0 Å². The molecule has 0 fully saturated rings. The Hall–Kier alpha value is -1.54. The van der Waals surface area contributed by atoms with Crippen molar-refractivity contribution in [3.8, 4) is 0 Å². The van der Waals surface area contributed by atoms with Gasteiger partial charge in [0.2, 0.25) is 0 Å². The Labute approximate surface area is 107 Å². The molecule has 0 heterocycles.